The van der Waals surface area contributed by atoms with E-state index in [0.29, 0.717) is 0 Å². The summed E-state index contributed by atoms with van der Waals surface area (Å²) in [5, 5.41) is 0. The van der Waals surface area contributed by atoms with Crippen molar-refractivity contribution in [1.82, 2.24) is 9.80 Å². The molecule has 2 rings (SSSR count). The van der Waals surface area contributed by atoms with E-state index in [1.54, 1.807) is 0 Å². The smallest absolute Gasteiger partial charge is 0.310 e. The van der Waals surface area contributed by atoms with Crippen LogP contribution in [-0.4, -0.2) is 62.1 Å². The number of rotatable bonds is 5. The largest absolute Gasteiger partial charge is 0.469 e. The highest BCUT2D eigenvalue weighted by molar-refractivity contribution is 5.72. The summed E-state index contributed by atoms with van der Waals surface area (Å²) in [6.45, 7) is 6.87. The zero-order valence-corrected chi connectivity index (χ0v) is 10.9. The first-order valence-electron chi connectivity index (χ1n) is 6.82. The molecule has 98 valence electrons. The number of likely N-dealkylation sites (tertiary alicyclic amines) is 2. The summed E-state index contributed by atoms with van der Waals surface area (Å²) in [7, 11) is 1.48. The molecule has 0 aromatic rings. The SMILES string of the molecule is COC(=O)C1CCN(CCCN2CCCC2)C1. The van der Waals surface area contributed by atoms with Crippen LogP contribution in [0.25, 0.3) is 0 Å². The Morgan fingerprint density at radius 3 is 2.59 bits per heavy atom. The van der Waals surface area contributed by atoms with Crippen molar-refractivity contribution in [3.8, 4) is 0 Å². The Labute approximate surface area is 104 Å². The van der Waals surface area contributed by atoms with E-state index in [-0.39, 0.29) is 11.9 Å². The minimum absolute atomic E-state index is 0.0351. The van der Waals surface area contributed by atoms with Crippen molar-refractivity contribution in [3.63, 3.8) is 0 Å². The molecule has 17 heavy (non-hydrogen) atoms. The topological polar surface area (TPSA) is 32.8 Å². The molecule has 0 N–H and O–H groups in total. The first-order chi connectivity index (χ1) is 8.29. The quantitative estimate of drug-likeness (QED) is 0.670. The molecule has 0 bridgehead atoms. The van der Waals surface area contributed by atoms with Gasteiger partial charge in [-0.2, -0.15) is 0 Å². The Kier molecular flexibility index (Phi) is 4.80. The van der Waals surface area contributed by atoms with Crippen molar-refractivity contribution in [3.05, 3.63) is 0 Å². The van der Waals surface area contributed by atoms with Crippen molar-refractivity contribution in [2.45, 2.75) is 25.7 Å². The number of methoxy groups -OCH3 is 1. The molecule has 0 aromatic carbocycles. The van der Waals surface area contributed by atoms with Gasteiger partial charge in [-0.25, -0.2) is 0 Å². The van der Waals surface area contributed by atoms with E-state index in [0.717, 1.165) is 26.1 Å². The number of ether oxygens (including phenoxy) is 1. The molecule has 2 fully saturated rings. The maximum atomic E-state index is 11.4. The molecule has 0 saturated carbocycles. The summed E-state index contributed by atoms with van der Waals surface area (Å²) in [6, 6.07) is 0. The number of carbonyl (C=O) groups is 1. The predicted octanol–water partition coefficient (Wildman–Crippen LogP) is 0.967. The molecule has 2 saturated heterocycles. The monoisotopic (exact) mass is 240 g/mol. The molecule has 0 aromatic heterocycles. The highest BCUT2D eigenvalue weighted by atomic mass is 16.5. The molecule has 1 atom stereocenters. The Morgan fingerprint density at radius 2 is 1.88 bits per heavy atom. The van der Waals surface area contributed by atoms with Gasteiger partial charge in [0.25, 0.3) is 0 Å². The highest BCUT2D eigenvalue weighted by Crippen LogP contribution is 2.17. The van der Waals surface area contributed by atoms with Gasteiger partial charge < -0.3 is 14.5 Å². The summed E-state index contributed by atoms with van der Waals surface area (Å²) in [5.41, 5.74) is 0. The van der Waals surface area contributed by atoms with Crippen molar-refractivity contribution < 1.29 is 9.53 Å². The third-order valence-electron chi connectivity index (χ3n) is 3.95. The van der Waals surface area contributed by atoms with E-state index < -0.39 is 0 Å². The normalized spacial score (nSPS) is 26.5. The highest BCUT2D eigenvalue weighted by Gasteiger charge is 2.28. The maximum Gasteiger partial charge on any atom is 0.310 e. The van der Waals surface area contributed by atoms with Crippen LogP contribution >= 0.6 is 0 Å². The molecule has 4 nitrogen and oxygen atoms in total. The minimum Gasteiger partial charge on any atom is -0.469 e. The molecule has 1 unspecified atom stereocenters. The molecule has 0 aliphatic carbocycles. The molecule has 4 heteroatoms. The van der Waals surface area contributed by atoms with Crippen molar-refractivity contribution >= 4 is 5.97 Å². The van der Waals surface area contributed by atoms with Crippen LogP contribution in [-0.2, 0) is 9.53 Å². The third kappa shape index (κ3) is 3.68. The second kappa shape index (κ2) is 6.36. The van der Waals surface area contributed by atoms with E-state index >= 15 is 0 Å². The lowest BCUT2D eigenvalue weighted by Gasteiger charge is -2.18. The van der Waals surface area contributed by atoms with Crippen LogP contribution in [0.3, 0.4) is 0 Å². The van der Waals surface area contributed by atoms with E-state index in [2.05, 4.69) is 9.80 Å². The summed E-state index contributed by atoms with van der Waals surface area (Å²) in [4.78, 5) is 16.3. The van der Waals surface area contributed by atoms with Gasteiger partial charge in [0, 0.05) is 6.54 Å². The third-order valence-corrected chi connectivity index (χ3v) is 3.95. The standard InChI is InChI=1S/C13H24N2O2/c1-17-13(16)12-5-10-15(11-12)9-4-8-14-6-2-3-7-14/h12H,2-11H2,1H3. The second-order valence-electron chi connectivity index (χ2n) is 5.21. The van der Waals surface area contributed by atoms with Gasteiger partial charge in [-0.05, 0) is 58.4 Å². The Hall–Kier alpha value is -0.610. The lowest BCUT2D eigenvalue weighted by atomic mass is 10.1. The summed E-state index contributed by atoms with van der Waals surface area (Å²) < 4.78 is 4.79. The van der Waals surface area contributed by atoms with Crippen LogP contribution in [0, 0.1) is 5.92 Å². The minimum atomic E-state index is -0.0351. The zero-order chi connectivity index (χ0) is 12.1. The first kappa shape index (κ1) is 12.8. The fraction of sp³-hybridized carbons (Fsp3) is 0.923. The van der Waals surface area contributed by atoms with E-state index in [4.69, 9.17) is 4.74 Å². The molecular formula is C13H24N2O2. The summed E-state index contributed by atoms with van der Waals surface area (Å²) >= 11 is 0. The van der Waals surface area contributed by atoms with Gasteiger partial charge in [-0.1, -0.05) is 0 Å². The van der Waals surface area contributed by atoms with Gasteiger partial charge >= 0.3 is 5.97 Å². The number of esters is 1. The Bertz CT molecular complexity index is 252. The zero-order valence-electron chi connectivity index (χ0n) is 10.9. The summed E-state index contributed by atoms with van der Waals surface area (Å²) in [6.07, 6.45) is 4.94. The van der Waals surface area contributed by atoms with Gasteiger partial charge in [0.2, 0.25) is 0 Å². The van der Waals surface area contributed by atoms with Gasteiger partial charge in [0.05, 0.1) is 13.0 Å². The molecule has 0 radical (unpaired) electrons. The molecule has 2 aliphatic heterocycles. The number of hydrogen-bond donors (Lipinski definition) is 0. The van der Waals surface area contributed by atoms with Crippen molar-refractivity contribution in [2.24, 2.45) is 5.92 Å². The first-order valence-corrected chi connectivity index (χ1v) is 6.82. The fourth-order valence-corrected chi connectivity index (χ4v) is 2.92. The van der Waals surface area contributed by atoms with Crippen LogP contribution < -0.4 is 0 Å². The number of hydrogen-bond acceptors (Lipinski definition) is 4. The van der Waals surface area contributed by atoms with Gasteiger partial charge in [0.1, 0.15) is 0 Å². The number of carbonyl (C=O) groups excluding carboxylic acids is 1. The van der Waals surface area contributed by atoms with Crippen molar-refractivity contribution in [1.29, 1.82) is 0 Å². The second-order valence-corrected chi connectivity index (χ2v) is 5.21. The van der Waals surface area contributed by atoms with Crippen LogP contribution in [0.4, 0.5) is 0 Å². The maximum absolute atomic E-state index is 11.4. The lowest BCUT2D eigenvalue weighted by Crippen LogP contribution is -2.28. The average Bonchev–Trinajstić information content (AvgIpc) is 2.99. The van der Waals surface area contributed by atoms with E-state index in [9.17, 15) is 4.79 Å². The molecule has 2 heterocycles. The van der Waals surface area contributed by atoms with Crippen LogP contribution in [0.1, 0.15) is 25.7 Å². The predicted molar refractivity (Wildman–Crippen MR) is 66.9 cm³/mol. The molecule has 0 amide bonds. The summed E-state index contributed by atoms with van der Waals surface area (Å²) in [5.74, 6) is 0.0822. The molecule has 2 aliphatic rings. The lowest BCUT2D eigenvalue weighted by molar-refractivity contribution is -0.144. The van der Waals surface area contributed by atoms with Crippen LogP contribution in [0.2, 0.25) is 0 Å². The fourth-order valence-electron chi connectivity index (χ4n) is 2.92. The van der Waals surface area contributed by atoms with Gasteiger partial charge in [0.15, 0.2) is 0 Å². The van der Waals surface area contributed by atoms with Crippen LogP contribution in [0.15, 0.2) is 0 Å². The van der Waals surface area contributed by atoms with Gasteiger partial charge in [-0.3, -0.25) is 4.79 Å². The Morgan fingerprint density at radius 1 is 1.18 bits per heavy atom. The Balaban J connectivity index is 1.59. The molecular weight excluding hydrogens is 216 g/mol. The number of nitrogens with zero attached hydrogens (tertiary/aromatic N) is 2. The average molecular weight is 240 g/mol. The molecule has 0 spiro atoms. The van der Waals surface area contributed by atoms with E-state index in [1.807, 2.05) is 0 Å². The van der Waals surface area contributed by atoms with E-state index in [1.165, 1.54) is 46.0 Å². The van der Waals surface area contributed by atoms with Gasteiger partial charge in [-0.15, -0.1) is 0 Å². The van der Waals surface area contributed by atoms with Crippen molar-refractivity contribution in [2.75, 3.05) is 46.4 Å². The van der Waals surface area contributed by atoms with Crippen LogP contribution in [0.5, 0.6) is 0 Å².